The highest BCUT2D eigenvalue weighted by molar-refractivity contribution is 6.31. The minimum absolute atomic E-state index is 0.0649. The molecule has 4 nitrogen and oxygen atoms in total. The van der Waals surface area contributed by atoms with E-state index in [2.05, 4.69) is 5.32 Å². The lowest BCUT2D eigenvalue weighted by Crippen LogP contribution is -2.12. The Kier molecular flexibility index (Phi) is 3.57. The summed E-state index contributed by atoms with van der Waals surface area (Å²) < 4.78 is 13.0. The number of hydrogen-bond donors (Lipinski definition) is 3. The van der Waals surface area contributed by atoms with E-state index < -0.39 is 11.7 Å². The molecule has 0 aromatic heterocycles. The predicted molar refractivity (Wildman–Crippen MR) is 74.6 cm³/mol. The van der Waals surface area contributed by atoms with Gasteiger partial charge in [-0.25, -0.2) is 4.39 Å². The molecular weight excluding hydrogens is 269 g/mol. The first kappa shape index (κ1) is 13.2. The van der Waals surface area contributed by atoms with Crippen molar-refractivity contribution in [3.05, 3.63) is 52.8 Å². The number of carbonyl (C=O) groups excluding carboxylic acids is 1. The van der Waals surface area contributed by atoms with E-state index in [0.717, 1.165) is 0 Å². The fourth-order valence-electron chi connectivity index (χ4n) is 1.58. The second-order valence-electron chi connectivity index (χ2n) is 3.97. The number of rotatable bonds is 2. The van der Waals surface area contributed by atoms with Gasteiger partial charge in [-0.3, -0.25) is 4.79 Å². The lowest BCUT2D eigenvalue weighted by Gasteiger charge is -2.07. The molecule has 2 rings (SSSR count). The average molecular weight is 280 g/mol. The van der Waals surface area contributed by atoms with Gasteiger partial charge in [0.2, 0.25) is 0 Å². The van der Waals surface area contributed by atoms with Crippen LogP contribution in [0.2, 0.25) is 5.02 Å². The highest BCUT2D eigenvalue weighted by Gasteiger charge is 2.09. The van der Waals surface area contributed by atoms with Crippen LogP contribution < -0.4 is 16.8 Å². The Morgan fingerprint density at radius 2 is 1.74 bits per heavy atom. The van der Waals surface area contributed by atoms with E-state index in [1.165, 1.54) is 30.3 Å². The second kappa shape index (κ2) is 5.16. The van der Waals surface area contributed by atoms with Gasteiger partial charge < -0.3 is 16.8 Å². The summed E-state index contributed by atoms with van der Waals surface area (Å²) in [5, 5.41) is 2.51. The predicted octanol–water partition coefficient (Wildman–Crippen LogP) is 2.90. The van der Waals surface area contributed by atoms with E-state index in [9.17, 15) is 9.18 Å². The molecule has 0 aliphatic heterocycles. The molecule has 0 radical (unpaired) electrons. The largest absolute Gasteiger partial charge is 0.399 e. The monoisotopic (exact) mass is 279 g/mol. The third-order valence-electron chi connectivity index (χ3n) is 2.42. The van der Waals surface area contributed by atoms with Crippen LogP contribution in [0.25, 0.3) is 0 Å². The molecule has 0 atom stereocenters. The molecular formula is C13H11ClFN3O. The maximum atomic E-state index is 13.0. The molecule has 6 heteroatoms. The number of benzene rings is 2. The first-order chi connectivity index (χ1) is 8.95. The average Bonchev–Trinajstić information content (AvgIpc) is 2.32. The number of nitrogens with one attached hydrogen (secondary N) is 1. The van der Waals surface area contributed by atoms with Crippen molar-refractivity contribution in [2.45, 2.75) is 0 Å². The second-order valence-corrected chi connectivity index (χ2v) is 4.38. The highest BCUT2D eigenvalue weighted by atomic mass is 35.5. The zero-order chi connectivity index (χ0) is 14.0. The normalized spacial score (nSPS) is 10.2. The molecule has 2 aromatic carbocycles. The van der Waals surface area contributed by atoms with Gasteiger partial charge in [0.15, 0.2) is 0 Å². The third kappa shape index (κ3) is 3.14. The summed E-state index contributed by atoms with van der Waals surface area (Å²) in [6.45, 7) is 0. The number of carbonyl (C=O) groups is 1. The van der Waals surface area contributed by atoms with Crippen LogP contribution >= 0.6 is 11.6 Å². The van der Waals surface area contributed by atoms with E-state index in [1.807, 2.05) is 0 Å². The van der Waals surface area contributed by atoms with Crippen LogP contribution in [0, 0.1) is 5.82 Å². The maximum absolute atomic E-state index is 13.0. The molecule has 0 fully saturated rings. The van der Waals surface area contributed by atoms with Gasteiger partial charge in [0.1, 0.15) is 5.82 Å². The SMILES string of the molecule is Nc1cc(N)cc(C(=O)Nc2ccc(F)c(Cl)c2)c1. The summed E-state index contributed by atoms with van der Waals surface area (Å²) in [6, 6.07) is 8.45. The van der Waals surface area contributed by atoms with Crippen molar-refractivity contribution in [1.82, 2.24) is 0 Å². The molecule has 0 unspecified atom stereocenters. The first-order valence-corrected chi connectivity index (χ1v) is 5.76. The van der Waals surface area contributed by atoms with E-state index in [0.29, 0.717) is 22.6 Å². The molecule has 98 valence electrons. The number of amides is 1. The molecule has 5 N–H and O–H groups in total. The van der Waals surface area contributed by atoms with Crippen LogP contribution in [-0.2, 0) is 0 Å². The molecule has 0 spiro atoms. The topological polar surface area (TPSA) is 81.1 Å². The van der Waals surface area contributed by atoms with Gasteiger partial charge in [-0.15, -0.1) is 0 Å². The number of anilines is 3. The van der Waals surface area contributed by atoms with Gasteiger partial charge in [0, 0.05) is 22.6 Å². The minimum Gasteiger partial charge on any atom is -0.399 e. The molecule has 19 heavy (non-hydrogen) atoms. The quantitative estimate of drug-likeness (QED) is 0.739. The van der Waals surface area contributed by atoms with Gasteiger partial charge in [-0.2, -0.15) is 0 Å². The van der Waals surface area contributed by atoms with Gasteiger partial charge in [-0.1, -0.05) is 11.6 Å². The third-order valence-corrected chi connectivity index (χ3v) is 2.71. The molecule has 0 aliphatic carbocycles. The summed E-state index contributed by atoms with van der Waals surface area (Å²) >= 11 is 5.63. The summed E-state index contributed by atoms with van der Waals surface area (Å²) in [5.74, 6) is -0.949. The van der Waals surface area contributed by atoms with Gasteiger partial charge in [-0.05, 0) is 36.4 Å². The van der Waals surface area contributed by atoms with Crippen LogP contribution in [0.1, 0.15) is 10.4 Å². The molecule has 0 aliphatic rings. The van der Waals surface area contributed by atoms with Crippen molar-refractivity contribution < 1.29 is 9.18 Å². The van der Waals surface area contributed by atoms with Crippen LogP contribution in [0.5, 0.6) is 0 Å². The Morgan fingerprint density at radius 1 is 1.11 bits per heavy atom. The molecule has 0 saturated carbocycles. The smallest absolute Gasteiger partial charge is 0.255 e. The number of nitrogens with two attached hydrogens (primary N) is 2. The van der Waals surface area contributed by atoms with Gasteiger partial charge in [0.25, 0.3) is 5.91 Å². The van der Waals surface area contributed by atoms with Crippen molar-refractivity contribution in [3.8, 4) is 0 Å². The van der Waals surface area contributed by atoms with Crippen LogP contribution in [0.4, 0.5) is 21.5 Å². The lowest BCUT2D eigenvalue weighted by molar-refractivity contribution is 0.102. The zero-order valence-corrected chi connectivity index (χ0v) is 10.5. The Balaban J connectivity index is 2.22. The van der Waals surface area contributed by atoms with Gasteiger partial charge >= 0.3 is 0 Å². The van der Waals surface area contributed by atoms with E-state index in [4.69, 9.17) is 23.1 Å². The van der Waals surface area contributed by atoms with Crippen molar-refractivity contribution in [2.24, 2.45) is 0 Å². The van der Waals surface area contributed by atoms with Crippen LogP contribution in [-0.4, -0.2) is 5.91 Å². The number of hydrogen-bond acceptors (Lipinski definition) is 3. The molecule has 0 bridgehead atoms. The van der Waals surface area contributed by atoms with E-state index in [1.54, 1.807) is 6.07 Å². The molecule has 0 heterocycles. The molecule has 1 amide bonds. The molecule has 2 aromatic rings. The fourth-order valence-corrected chi connectivity index (χ4v) is 1.77. The van der Waals surface area contributed by atoms with E-state index >= 15 is 0 Å². The highest BCUT2D eigenvalue weighted by Crippen LogP contribution is 2.21. The van der Waals surface area contributed by atoms with E-state index in [-0.39, 0.29) is 5.02 Å². The maximum Gasteiger partial charge on any atom is 0.255 e. The summed E-state index contributed by atoms with van der Waals surface area (Å²) in [7, 11) is 0. The first-order valence-electron chi connectivity index (χ1n) is 5.38. The Morgan fingerprint density at radius 3 is 2.32 bits per heavy atom. The van der Waals surface area contributed by atoms with Crippen LogP contribution in [0.15, 0.2) is 36.4 Å². The summed E-state index contributed by atoms with van der Waals surface area (Å²) in [6.07, 6.45) is 0. The standard InChI is InChI=1S/C13H11ClFN3O/c14-11-6-10(1-2-12(11)15)18-13(19)7-3-8(16)5-9(17)4-7/h1-6H,16-17H2,(H,18,19). The summed E-state index contributed by atoms with van der Waals surface area (Å²) in [5.41, 5.74) is 12.7. The lowest BCUT2D eigenvalue weighted by atomic mass is 10.1. The number of nitrogen functional groups attached to an aromatic ring is 2. The Labute approximate surface area is 114 Å². The summed E-state index contributed by atoms with van der Waals surface area (Å²) in [4.78, 5) is 12.0. The minimum atomic E-state index is -0.548. The Bertz CT molecular complexity index is 626. The number of halogens is 2. The fraction of sp³-hybridized carbons (Fsp3) is 0. The van der Waals surface area contributed by atoms with Crippen molar-refractivity contribution in [1.29, 1.82) is 0 Å². The van der Waals surface area contributed by atoms with Crippen molar-refractivity contribution in [2.75, 3.05) is 16.8 Å². The van der Waals surface area contributed by atoms with Crippen LogP contribution in [0.3, 0.4) is 0 Å². The molecule has 0 saturated heterocycles. The van der Waals surface area contributed by atoms with Crippen molar-refractivity contribution in [3.63, 3.8) is 0 Å². The zero-order valence-electron chi connectivity index (χ0n) is 9.78. The van der Waals surface area contributed by atoms with Gasteiger partial charge in [0.05, 0.1) is 5.02 Å². The Hall–Kier alpha value is -2.27. The van der Waals surface area contributed by atoms with Crippen molar-refractivity contribution >= 4 is 34.6 Å².